The molecule has 0 heterocycles. The summed E-state index contributed by atoms with van der Waals surface area (Å²) in [4.78, 5) is 23.5. The molecule has 0 saturated heterocycles. The molecule has 1 amide bonds. The van der Waals surface area contributed by atoms with Crippen LogP contribution in [-0.2, 0) is 9.53 Å². The Bertz CT molecular complexity index is 768. The van der Waals surface area contributed by atoms with E-state index in [1.807, 2.05) is 0 Å². The zero-order valence-corrected chi connectivity index (χ0v) is 13.1. The summed E-state index contributed by atoms with van der Waals surface area (Å²) in [5, 5.41) is 2.67. The summed E-state index contributed by atoms with van der Waals surface area (Å²) in [5.41, 5.74) is 6.18. The van der Waals surface area contributed by atoms with Gasteiger partial charge in [0.15, 0.2) is 6.61 Å². The quantitative estimate of drug-likeness (QED) is 0.648. The lowest BCUT2D eigenvalue weighted by atomic mass is 10.2. The van der Waals surface area contributed by atoms with Crippen LogP contribution in [0.5, 0.6) is 0 Å². The normalized spacial score (nSPS) is 10.2. The summed E-state index contributed by atoms with van der Waals surface area (Å²) in [6, 6.07) is 7.97. The molecule has 0 atom stereocenters. The number of hydrogen-bond acceptors (Lipinski definition) is 4. The van der Waals surface area contributed by atoms with Gasteiger partial charge in [-0.05, 0) is 36.4 Å². The predicted octanol–water partition coefficient (Wildman–Crippen LogP) is 3.51. The molecule has 0 radical (unpaired) electrons. The van der Waals surface area contributed by atoms with Crippen molar-refractivity contribution in [2.45, 2.75) is 0 Å². The van der Waals surface area contributed by atoms with Gasteiger partial charge in [0.1, 0.15) is 5.82 Å². The first kappa shape index (κ1) is 17.1. The van der Waals surface area contributed by atoms with Gasteiger partial charge in [-0.1, -0.05) is 23.2 Å². The molecule has 0 spiro atoms. The molecule has 0 aliphatic heterocycles. The van der Waals surface area contributed by atoms with Crippen LogP contribution < -0.4 is 11.1 Å². The Kier molecular flexibility index (Phi) is 5.41. The Morgan fingerprint density at radius 3 is 2.57 bits per heavy atom. The standard InChI is InChI=1S/C15H11Cl2FN2O3/c16-8-1-3-10(13(19)5-8)15(22)23-7-14(21)20-9-2-4-12(18)11(17)6-9/h1-6H,7,19H2,(H,20,21). The zero-order valence-electron chi connectivity index (χ0n) is 11.6. The fraction of sp³-hybridized carbons (Fsp3) is 0.0667. The van der Waals surface area contributed by atoms with Crippen molar-refractivity contribution in [3.8, 4) is 0 Å². The molecule has 0 fully saturated rings. The number of rotatable bonds is 4. The monoisotopic (exact) mass is 356 g/mol. The lowest BCUT2D eigenvalue weighted by Crippen LogP contribution is -2.21. The minimum absolute atomic E-state index is 0.104. The van der Waals surface area contributed by atoms with Gasteiger partial charge in [0.2, 0.25) is 0 Å². The maximum absolute atomic E-state index is 13.0. The second-order valence-corrected chi connectivity index (χ2v) is 5.33. The van der Waals surface area contributed by atoms with Gasteiger partial charge in [-0.3, -0.25) is 4.79 Å². The third-order valence-corrected chi connectivity index (χ3v) is 3.30. The van der Waals surface area contributed by atoms with Crippen molar-refractivity contribution in [3.05, 3.63) is 57.8 Å². The van der Waals surface area contributed by atoms with Crippen LogP contribution in [0.15, 0.2) is 36.4 Å². The Morgan fingerprint density at radius 2 is 1.91 bits per heavy atom. The van der Waals surface area contributed by atoms with Crippen LogP contribution >= 0.6 is 23.2 Å². The van der Waals surface area contributed by atoms with E-state index in [1.54, 1.807) is 0 Å². The summed E-state index contributed by atoms with van der Waals surface area (Å²) < 4.78 is 17.9. The van der Waals surface area contributed by atoms with Crippen LogP contribution in [-0.4, -0.2) is 18.5 Å². The van der Waals surface area contributed by atoms with Gasteiger partial charge in [0, 0.05) is 16.4 Å². The molecular formula is C15H11Cl2FN2O3. The number of nitrogen functional groups attached to an aromatic ring is 1. The number of halogens is 3. The van der Waals surface area contributed by atoms with E-state index in [9.17, 15) is 14.0 Å². The zero-order chi connectivity index (χ0) is 17.0. The highest BCUT2D eigenvalue weighted by molar-refractivity contribution is 6.31. The molecule has 5 nitrogen and oxygen atoms in total. The topological polar surface area (TPSA) is 81.4 Å². The van der Waals surface area contributed by atoms with Crippen molar-refractivity contribution < 1.29 is 18.7 Å². The molecule has 2 rings (SSSR count). The number of carbonyl (C=O) groups is 2. The molecule has 0 saturated carbocycles. The van der Waals surface area contributed by atoms with E-state index in [0.29, 0.717) is 5.02 Å². The average molecular weight is 357 g/mol. The third-order valence-electron chi connectivity index (χ3n) is 2.77. The highest BCUT2D eigenvalue weighted by Crippen LogP contribution is 2.20. The predicted molar refractivity (Wildman–Crippen MR) is 86.2 cm³/mol. The molecular weight excluding hydrogens is 346 g/mol. The van der Waals surface area contributed by atoms with E-state index in [2.05, 4.69) is 5.32 Å². The van der Waals surface area contributed by atoms with E-state index in [0.717, 1.165) is 6.07 Å². The Labute approximate surface area is 141 Å². The van der Waals surface area contributed by atoms with Crippen molar-refractivity contribution in [3.63, 3.8) is 0 Å². The Balaban J connectivity index is 1.93. The second-order valence-electron chi connectivity index (χ2n) is 4.48. The van der Waals surface area contributed by atoms with E-state index in [1.165, 1.54) is 30.3 Å². The highest BCUT2D eigenvalue weighted by Gasteiger charge is 2.14. The van der Waals surface area contributed by atoms with Crippen LogP contribution in [0.2, 0.25) is 10.0 Å². The average Bonchev–Trinajstić information content (AvgIpc) is 2.48. The SMILES string of the molecule is Nc1cc(Cl)ccc1C(=O)OCC(=O)Nc1ccc(F)c(Cl)c1. The van der Waals surface area contributed by atoms with Crippen molar-refractivity contribution >= 4 is 46.5 Å². The van der Waals surface area contributed by atoms with Crippen LogP contribution in [0.25, 0.3) is 0 Å². The summed E-state index contributed by atoms with van der Waals surface area (Å²) in [6.45, 7) is -0.532. The van der Waals surface area contributed by atoms with Gasteiger partial charge in [0.25, 0.3) is 5.91 Å². The Hall–Kier alpha value is -2.31. The van der Waals surface area contributed by atoms with Gasteiger partial charge < -0.3 is 15.8 Å². The summed E-state index contributed by atoms with van der Waals surface area (Å²) in [6.07, 6.45) is 0. The number of carbonyl (C=O) groups excluding carboxylic acids is 2. The van der Waals surface area contributed by atoms with Crippen molar-refractivity contribution in [2.75, 3.05) is 17.7 Å². The largest absolute Gasteiger partial charge is 0.452 e. The van der Waals surface area contributed by atoms with Crippen LogP contribution in [0.1, 0.15) is 10.4 Å². The number of benzene rings is 2. The first-order valence-corrected chi connectivity index (χ1v) is 7.09. The van der Waals surface area contributed by atoms with Crippen LogP contribution in [0, 0.1) is 5.82 Å². The number of esters is 1. The number of anilines is 2. The molecule has 2 aromatic carbocycles. The maximum Gasteiger partial charge on any atom is 0.340 e. The molecule has 2 aromatic rings. The van der Waals surface area contributed by atoms with Crippen molar-refractivity contribution in [1.82, 2.24) is 0 Å². The van der Waals surface area contributed by atoms with E-state index in [4.69, 9.17) is 33.7 Å². The number of ether oxygens (including phenoxy) is 1. The fourth-order valence-electron chi connectivity index (χ4n) is 1.70. The molecule has 0 unspecified atom stereocenters. The van der Waals surface area contributed by atoms with Gasteiger partial charge in [-0.25, -0.2) is 9.18 Å². The smallest absolute Gasteiger partial charge is 0.340 e. The fourth-order valence-corrected chi connectivity index (χ4v) is 2.06. The molecule has 0 bridgehead atoms. The minimum atomic E-state index is -0.758. The number of hydrogen-bond donors (Lipinski definition) is 2. The molecule has 0 aromatic heterocycles. The molecule has 0 aliphatic carbocycles. The van der Waals surface area contributed by atoms with Gasteiger partial charge in [-0.15, -0.1) is 0 Å². The van der Waals surface area contributed by atoms with Crippen LogP contribution in [0.4, 0.5) is 15.8 Å². The first-order chi connectivity index (χ1) is 10.9. The third kappa shape index (κ3) is 4.58. The number of nitrogens with one attached hydrogen (secondary N) is 1. The van der Waals surface area contributed by atoms with E-state index in [-0.39, 0.29) is 22.0 Å². The molecule has 0 aliphatic rings. The summed E-state index contributed by atoms with van der Waals surface area (Å²) in [7, 11) is 0. The second kappa shape index (κ2) is 7.30. The molecule has 3 N–H and O–H groups in total. The van der Waals surface area contributed by atoms with E-state index >= 15 is 0 Å². The number of nitrogens with two attached hydrogens (primary N) is 1. The lowest BCUT2D eigenvalue weighted by Gasteiger charge is -2.08. The minimum Gasteiger partial charge on any atom is -0.452 e. The summed E-state index contributed by atoms with van der Waals surface area (Å²) >= 11 is 11.3. The van der Waals surface area contributed by atoms with E-state index < -0.39 is 24.3 Å². The van der Waals surface area contributed by atoms with Crippen molar-refractivity contribution in [2.24, 2.45) is 0 Å². The van der Waals surface area contributed by atoms with Crippen LogP contribution in [0.3, 0.4) is 0 Å². The first-order valence-electron chi connectivity index (χ1n) is 6.34. The van der Waals surface area contributed by atoms with Gasteiger partial charge >= 0.3 is 5.97 Å². The Morgan fingerprint density at radius 1 is 1.17 bits per heavy atom. The molecule has 8 heteroatoms. The van der Waals surface area contributed by atoms with Gasteiger partial charge in [-0.2, -0.15) is 0 Å². The maximum atomic E-state index is 13.0. The lowest BCUT2D eigenvalue weighted by molar-refractivity contribution is -0.119. The molecule has 120 valence electrons. The highest BCUT2D eigenvalue weighted by atomic mass is 35.5. The summed E-state index contributed by atoms with van der Waals surface area (Å²) in [5.74, 6) is -1.96. The molecule has 23 heavy (non-hydrogen) atoms. The van der Waals surface area contributed by atoms with Crippen molar-refractivity contribution in [1.29, 1.82) is 0 Å². The van der Waals surface area contributed by atoms with Gasteiger partial charge in [0.05, 0.1) is 10.6 Å². The number of amides is 1.